The summed E-state index contributed by atoms with van der Waals surface area (Å²) >= 11 is 12.2. The number of halogens is 2. The van der Waals surface area contributed by atoms with Crippen LogP contribution in [0, 0.1) is 0 Å². The summed E-state index contributed by atoms with van der Waals surface area (Å²) in [5, 5.41) is 2.89. The summed E-state index contributed by atoms with van der Waals surface area (Å²) in [6.45, 7) is 3.51. The number of carbonyl (C=O) groups is 3. The molecular weight excluding hydrogens is 431 g/mol. The molecule has 7 nitrogen and oxygen atoms in total. The van der Waals surface area contributed by atoms with Gasteiger partial charge in [-0.25, -0.2) is 9.69 Å². The number of hydrogen-bond acceptors (Lipinski definition) is 6. The highest BCUT2D eigenvalue weighted by molar-refractivity contribution is 6.53. The van der Waals surface area contributed by atoms with Crippen LogP contribution in [-0.4, -0.2) is 31.0 Å². The van der Waals surface area contributed by atoms with E-state index < -0.39 is 17.8 Å². The van der Waals surface area contributed by atoms with Crippen LogP contribution in [0.3, 0.4) is 0 Å². The minimum atomic E-state index is -0.707. The molecule has 0 saturated carbocycles. The van der Waals surface area contributed by atoms with Crippen LogP contribution < -0.4 is 15.0 Å². The Balaban J connectivity index is 1.84. The number of benzene rings is 2. The molecule has 3 rings (SSSR count). The van der Waals surface area contributed by atoms with E-state index in [-0.39, 0.29) is 22.5 Å². The zero-order chi connectivity index (χ0) is 22.0. The molecule has 1 N–H and O–H groups in total. The predicted molar refractivity (Wildman–Crippen MR) is 114 cm³/mol. The summed E-state index contributed by atoms with van der Waals surface area (Å²) in [6.07, 6.45) is -0.240. The van der Waals surface area contributed by atoms with Crippen LogP contribution in [0.25, 0.3) is 0 Å². The first-order valence-electron chi connectivity index (χ1n) is 8.93. The molecule has 156 valence electrons. The maximum absolute atomic E-state index is 12.9. The van der Waals surface area contributed by atoms with Gasteiger partial charge in [0.25, 0.3) is 11.8 Å². The molecule has 0 radical (unpaired) electrons. The van der Waals surface area contributed by atoms with Crippen molar-refractivity contribution in [1.29, 1.82) is 0 Å². The summed E-state index contributed by atoms with van der Waals surface area (Å²) in [7, 11) is 1.41. The van der Waals surface area contributed by atoms with Crippen LogP contribution >= 0.6 is 23.2 Å². The average molecular weight is 449 g/mol. The molecule has 0 saturated heterocycles. The molecule has 0 aliphatic carbocycles. The Kier molecular flexibility index (Phi) is 6.34. The molecule has 1 aliphatic rings. The summed E-state index contributed by atoms with van der Waals surface area (Å²) in [4.78, 5) is 38.4. The monoisotopic (exact) mass is 448 g/mol. The van der Waals surface area contributed by atoms with E-state index in [0.29, 0.717) is 22.0 Å². The largest absolute Gasteiger partial charge is 0.495 e. The Labute approximate surface area is 183 Å². The lowest BCUT2D eigenvalue weighted by molar-refractivity contribution is -0.120. The first kappa shape index (κ1) is 21.7. The van der Waals surface area contributed by atoms with Crippen molar-refractivity contribution in [3.63, 3.8) is 0 Å². The molecule has 2 amide bonds. The van der Waals surface area contributed by atoms with Gasteiger partial charge < -0.3 is 14.8 Å². The van der Waals surface area contributed by atoms with Gasteiger partial charge in [0.15, 0.2) is 0 Å². The van der Waals surface area contributed by atoms with Crippen LogP contribution in [0.4, 0.5) is 11.4 Å². The van der Waals surface area contributed by atoms with Crippen molar-refractivity contribution in [2.24, 2.45) is 0 Å². The van der Waals surface area contributed by atoms with E-state index in [1.165, 1.54) is 13.2 Å². The quantitative estimate of drug-likeness (QED) is 0.522. The summed E-state index contributed by atoms with van der Waals surface area (Å²) in [6, 6.07) is 10.8. The number of amides is 2. The van der Waals surface area contributed by atoms with Crippen molar-refractivity contribution in [1.82, 2.24) is 0 Å². The van der Waals surface area contributed by atoms with E-state index in [2.05, 4.69) is 5.32 Å². The number of methoxy groups -OCH3 is 1. The first-order valence-corrected chi connectivity index (χ1v) is 9.68. The number of rotatable bonds is 6. The Morgan fingerprint density at radius 1 is 1.03 bits per heavy atom. The van der Waals surface area contributed by atoms with Gasteiger partial charge >= 0.3 is 5.97 Å². The Hall–Kier alpha value is -3.03. The normalized spacial score (nSPS) is 13.9. The molecule has 0 fully saturated rings. The minimum Gasteiger partial charge on any atom is -0.495 e. The number of imide groups is 1. The zero-order valence-electron chi connectivity index (χ0n) is 16.4. The lowest BCUT2D eigenvalue weighted by Gasteiger charge is -2.18. The van der Waals surface area contributed by atoms with Crippen molar-refractivity contribution >= 4 is 52.4 Å². The van der Waals surface area contributed by atoms with Crippen LogP contribution in [0.2, 0.25) is 5.02 Å². The second-order valence-electron chi connectivity index (χ2n) is 6.61. The van der Waals surface area contributed by atoms with E-state index in [4.69, 9.17) is 32.7 Å². The predicted octanol–water partition coefficient (Wildman–Crippen LogP) is 4.35. The highest BCUT2D eigenvalue weighted by atomic mass is 35.5. The smallest absolute Gasteiger partial charge is 0.338 e. The van der Waals surface area contributed by atoms with Crippen LogP contribution in [0.1, 0.15) is 24.2 Å². The second kappa shape index (κ2) is 8.77. The summed E-state index contributed by atoms with van der Waals surface area (Å²) in [5.74, 6) is -1.53. The zero-order valence-corrected chi connectivity index (χ0v) is 17.9. The number of nitrogens with one attached hydrogen (secondary N) is 1. The third-order valence-corrected chi connectivity index (χ3v) is 4.73. The van der Waals surface area contributed by atoms with Crippen molar-refractivity contribution in [2.75, 3.05) is 17.3 Å². The molecule has 0 aromatic heterocycles. The fraction of sp³-hybridized carbons (Fsp3) is 0.190. The number of carbonyl (C=O) groups excluding carboxylic acids is 3. The summed E-state index contributed by atoms with van der Waals surface area (Å²) in [5.41, 5.74) is 0.904. The van der Waals surface area contributed by atoms with Gasteiger partial charge in [0.05, 0.1) is 24.5 Å². The van der Waals surface area contributed by atoms with Crippen LogP contribution in [0.5, 0.6) is 5.75 Å². The topological polar surface area (TPSA) is 84.9 Å². The Morgan fingerprint density at radius 2 is 1.70 bits per heavy atom. The number of ether oxygens (including phenoxy) is 2. The maximum atomic E-state index is 12.9. The number of anilines is 2. The highest BCUT2D eigenvalue weighted by Crippen LogP contribution is 2.37. The standard InChI is InChI=1S/C21H18Cl2N2O5/c1-11(2)30-21(28)12-4-7-14(8-5-12)24-18-17(23)19(26)25(20(18)27)15-10-13(22)6-9-16(15)29-3/h4-11,24H,1-3H3. The van der Waals surface area contributed by atoms with Crippen molar-refractivity contribution in [3.8, 4) is 5.75 Å². The SMILES string of the molecule is COc1ccc(Cl)cc1N1C(=O)C(Cl)=C(Nc2ccc(C(=O)OC(C)C)cc2)C1=O. The lowest BCUT2D eigenvalue weighted by atomic mass is 10.2. The van der Waals surface area contributed by atoms with E-state index in [0.717, 1.165) is 4.90 Å². The molecular formula is C21H18Cl2N2O5. The van der Waals surface area contributed by atoms with Gasteiger partial charge in [-0.05, 0) is 56.3 Å². The molecule has 1 heterocycles. The lowest BCUT2D eigenvalue weighted by Crippen LogP contribution is -2.32. The van der Waals surface area contributed by atoms with E-state index in [1.807, 2.05) is 0 Å². The molecule has 1 aliphatic heterocycles. The molecule has 0 unspecified atom stereocenters. The molecule has 0 bridgehead atoms. The molecule has 30 heavy (non-hydrogen) atoms. The minimum absolute atomic E-state index is 0.0961. The fourth-order valence-electron chi connectivity index (χ4n) is 2.78. The Morgan fingerprint density at radius 3 is 2.30 bits per heavy atom. The second-order valence-corrected chi connectivity index (χ2v) is 7.42. The molecule has 2 aromatic carbocycles. The number of esters is 1. The van der Waals surface area contributed by atoms with Crippen molar-refractivity contribution in [2.45, 2.75) is 20.0 Å². The number of nitrogens with zero attached hydrogens (tertiary/aromatic N) is 1. The van der Waals surface area contributed by atoms with Gasteiger partial charge in [0.2, 0.25) is 0 Å². The van der Waals surface area contributed by atoms with Gasteiger partial charge in [0, 0.05) is 10.7 Å². The molecule has 9 heteroatoms. The average Bonchev–Trinajstić information content (AvgIpc) is 2.91. The van der Waals surface area contributed by atoms with Gasteiger partial charge in [0.1, 0.15) is 16.5 Å². The van der Waals surface area contributed by atoms with Gasteiger partial charge in [-0.3, -0.25) is 9.59 Å². The maximum Gasteiger partial charge on any atom is 0.338 e. The highest BCUT2D eigenvalue weighted by Gasteiger charge is 2.40. The van der Waals surface area contributed by atoms with Gasteiger partial charge in [-0.2, -0.15) is 0 Å². The molecule has 0 atom stereocenters. The van der Waals surface area contributed by atoms with Crippen molar-refractivity contribution in [3.05, 3.63) is 63.8 Å². The first-order chi connectivity index (χ1) is 14.2. The number of hydrogen-bond donors (Lipinski definition) is 1. The third-order valence-electron chi connectivity index (χ3n) is 4.14. The molecule has 2 aromatic rings. The third kappa shape index (κ3) is 4.27. The summed E-state index contributed by atoms with van der Waals surface area (Å²) < 4.78 is 10.4. The van der Waals surface area contributed by atoms with E-state index >= 15 is 0 Å². The van der Waals surface area contributed by atoms with E-state index in [9.17, 15) is 14.4 Å². The van der Waals surface area contributed by atoms with Crippen LogP contribution in [0.15, 0.2) is 53.2 Å². The van der Waals surface area contributed by atoms with Crippen molar-refractivity contribution < 1.29 is 23.9 Å². The van der Waals surface area contributed by atoms with Gasteiger partial charge in [-0.1, -0.05) is 23.2 Å². The van der Waals surface area contributed by atoms with E-state index in [1.54, 1.807) is 50.2 Å². The fourth-order valence-corrected chi connectivity index (χ4v) is 3.16. The van der Waals surface area contributed by atoms with Gasteiger partial charge in [-0.15, -0.1) is 0 Å². The van der Waals surface area contributed by atoms with Crippen LogP contribution in [-0.2, 0) is 14.3 Å². The molecule has 0 spiro atoms. The Bertz CT molecular complexity index is 1050.